The number of morpholine rings is 1. The zero-order chi connectivity index (χ0) is 16.7. The van der Waals surface area contributed by atoms with Gasteiger partial charge in [0.05, 0.1) is 19.3 Å². The summed E-state index contributed by atoms with van der Waals surface area (Å²) in [7, 11) is 1.75. The second kappa shape index (κ2) is 9.10. The van der Waals surface area contributed by atoms with E-state index in [0.29, 0.717) is 44.5 Å². The van der Waals surface area contributed by atoms with E-state index in [9.17, 15) is 9.59 Å². The van der Waals surface area contributed by atoms with Gasteiger partial charge in [0.25, 0.3) is 0 Å². The van der Waals surface area contributed by atoms with Crippen molar-refractivity contribution >= 4 is 11.9 Å². The summed E-state index contributed by atoms with van der Waals surface area (Å²) in [6, 6.07) is 0. The maximum Gasteiger partial charge on any atom is 0.317 e. The number of carboxylic acids is 1. The highest BCUT2D eigenvalue weighted by atomic mass is 16.5. The molecule has 1 N–H and O–H groups in total. The van der Waals surface area contributed by atoms with Gasteiger partial charge >= 0.3 is 5.97 Å². The lowest BCUT2D eigenvalue weighted by Gasteiger charge is -2.35. The fourth-order valence-corrected chi connectivity index (χ4v) is 3.01. The Morgan fingerprint density at radius 1 is 1.36 bits per heavy atom. The molecule has 1 aliphatic heterocycles. The van der Waals surface area contributed by atoms with Gasteiger partial charge in [-0.1, -0.05) is 20.8 Å². The molecule has 6 nitrogen and oxygen atoms in total. The first-order valence-corrected chi connectivity index (χ1v) is 8.07. The van der Waals surface area contributed by atoms with Crippen molar-refractivity contribution in [2.24, 2.45) is 11.8 Å². The third-order valence-electron chi connectivity index (χ3n) is 3.81. The minimum atomic E-state index is -0.853. The van der Waals surface area contributed by atoms with Crippen molar-refractivity contribution in [3.8, 4) is 0 Å². The van der Waals surface area contributed by atoms with Gasteiger partial charge in [-0.2, -0.15) is 0 Å². The van der Waals surface area contributed by atoms with E-state index in [2.05, 4.69) is 20.8 Å². The van der Waals surface area contributed by atoms with Crippen LogP contribution in [0.25, 0.3) is 0 Å². The van der Waals surface area contributed by atoms with E-state index in [4.69, 9.17) is 9.84 Å². The van der Waals surface area contributed by atoms with E-state index in [0.717, 1.165) is 6.42 Å². The number of carbonyl (C=O) groups excluding carboxylic acids is 1. The number of amides is 1. The van der Waals surface area contributed by atoms with E-state index in [1.807, 2.05) is 4.90 Å². The Hall–Kier alpha value is -1.14. The normalized spacial score (nSPS) is 20.5. The Kier molecular flexibility index (Phi) is 7.82. The summed E-state index contributed by atoms with van der Waals surface area (Å²) in [5, 5.41) is 8.78. The molecule has 0 radical (unpaired) electrons. The average molecular weight is 314 g/mol. The van der Waals surface area contributed by atoms with Crippen molar-refractivity contribution in [3.63, 3.8) is 0 Å². The molecule has 2 atom stereocenters. The predicted octanol–water partition coefficient (Wildman–Crippen LogP) is 1.30. The smallest absolute Gasteiger partial charge is 0.317 e. The van der Waals surface area contributed by atoms with Crippen molar-refractivity contribution < 1.29 is 19.4 Å². The fraction of sp³-hybridized carbons (Fsp3) is 0.875. The van der Waals surface area contributed by atoms with Gasteiger partial charge < -0.3 is 14.7 Å². The van der Waals surface area contributed by atoms with Crippen molar-refractivity contribution in [1.29, 1.82) is 0 Å². The molecule has 0 aliphatic carbocycles. The number of aliphatic carboxylic acids is 1. The quantitative estimate of drug-likeness (QED) is 0.731. The van der Waals surface area contributed by atoms with Crippen LogP contribution in [0.3, 0.4) is 0 Å². The number of hydrogen-bond acceptors (Lipinski definition) is 4. The summed E-state index contributed by atoms with van der Waals surface area (Å²) in [6.45, 7) is 8.68. The second-order valence-corrected chi connectivity index (χ2v) is 6.86. The molecule has 1 rings (SSSR count). The van der Waals surface area contributed by atoms with Crippen LogP contribution in [0.1, 0.15) is 33.6 Å². The topological polar surface area (TPSA) is 70.1 Å². The maximum atomic E-state index is 12.4. The molecule has 6 heteroatoms. The molecule has 0 bridgehead atoms. The molecule has 0 aromatic carbocycles. The van der Waals surface area contributed by atoms with E-state index in [1.54, 1.807) is 11.9 Å². The molecule has 1 amide bonds. The zero-order valence-electron chi connectivity index (χ0n) is 14.2. The van der Waals surface area contributed by atoms with E-state index < -0.39 is 5.97 Å². The summed E-state index contributed by atoms with van der Waals surface area (Å²) < 4.78 is 5.65. The first-order chi connectivity index (χ1) is 10.3. The second-order valence-electron chi connectivity index (χ2n) is 6.86. The molecule has 0 spiro atoms. The molecule has 1 fully saturated rings. The van der Waals surface area contributed by atoms with Crippen molar-refractivity contribution in [1.82, 2.24) is 9.80 Å². The third-order valence-corrected chi connectivity index (χ3v) is 3.81. The maximum absolute atomic E-state index is 12.4. The number of rotatable bonds is 8. The van der Waals surface area contributed by atoms with E-state index in [-0.39, 0.29) is 18.6 Å². The van der Waals surface area contributed by atoms with E-state index >= 15 is 0 Å². The number of nitrogens with zero attached hydrogens (tertiary/aromatic N) is 2. The number of carbonyl (C=O) groups is 2. The Bertz CT molecular complexity index is 373. The summed E-state index contributed by atoms with van der Waals surface area (Å²) >= 11 is 0. The summed E-state index contributed by atoms with van der Waals surface area (Å²) in [5.74, 6) is 0.324. The zero-order valence-corrected chi connectivity index (χ0v) is 14.2. The van der Waals surface area contributed by atoms with Crippen LogP contribution in [0.4, 0.5) is 0 Å². The summed E-state index contributed by atoms with van der Waals surface area (Å²) in [5.41, 5.74) is 0. The minimum absolute atomic E-state index is 0.0147. The lowest BCUT2D eigenvalue weighted by Crippen LogP contribution is -2.49. The van der Waals surface area contributed by atoms with Crippen LogP contribution in [-0.2, 0) is 14.3 Å². The van der Waals surface area contributed by atoms with Gasteiger partial charge in [0.2, 0.25) is 5.91 Å². The van der Waals surface area contributed by atoms with Gasteiger partial charge in [0, 0.05) is 26.1 Å². The molecule has 1 heterocycles. The molecule has 22 heavy (non-hydrogen) atoms. The van der Waals surface area contributed by atoms with Gasteiger partial charge in [-0.25, -0.2) is 0 Å². The van der Waals surface area contributed by atoms with Crippen LogP contribution in [0.2, 0.25) is 0 Å². The molecule has 128 valence electrons. The molecule has 0 saturated carbocycles. The van der Waals surface area contributed by atoms with Crippen LogP contribution in [0, 0.1) is 11.8 Å². The summed E-state index contributed by atoms with van der Waals surface area (Å²) in [6.07, 6.45) is 1.53. The Morgan fingerprint density at radius 3 is 2.64 bits per heavy atom. The highest BCUT2D eigenvalue weighted by Crippen LogP contribution is 2.17. The standard InChI is InChI=1S/C16H30N2O4/c1-12(2)7-13(3)8-15(19)18-5-6-22-14(10-18)9-17(4)11-16(20)21/h12-14H,5-11H2,1-4H3,(H,20,21)/t13-,14+/m0/s1. The van der Waals surface area contributed by atoms with Gasteiger partial charge in [0.15, 0.2) is 0 Å². The van der Waals surface area contributed by atoms with Gasteiger partial charge in [0.1, 0.15) is 0 Å². The van der Waals surface area contributed by atoms with Crippen LogP contribution in [0.5, 0.6) is 0 Å². The molecule has 1 saturated heterocycles. The predicted molar refractivity (Wildman–Crippen MR) is 84.7 cm³/mol. The third kappa shape index (κ3) is 7.22. The van der Waals surface area contributed by atoms with Crippen LogP contribution >= 0.6 is 0 Å². The highest BCUT2D eigenvalue weighted by Gasteiger charge is 2.26. The molecular weight excluding hydrogens is 284 g/mol. The number of carboxylic acid groups (broad SMARTS) is 1. The summed E-state index contributed by atoms with van der Waals surface area (Å²) in [4.78, 5) is 26.6. The average Bonchev–Trinajstić information content (AvgIpc) is 2.36. The first kappa shape index (κ1) is 18.9. The molecule has 0 aromatic heterocycles. The Labute approximate surface area is 133 Å². The number of hydrogen-bond donors (Lipinski definition) is 1. The Balaban J connectivity index is 2.41. The molecule has 0 unspecified atom stereocenters. The molecule has 0 aromatic rings. The van der Waals surface area contributed by atoms with Gasteiger partial charge in [-0.15, -0.1) is 0 Å². The SMILES string of the molecule is CC(C)C[C@H](C)CC(=O)N1CCO[C@H](CN(C)CC(=O)O)C1. The largest absolute Gasteiger partial charge is 0.480 e. The monoisotopic (exact) mass is 314 g/mol. The van der Waals surface area contributed by atoms with Gasteiger partial charge in [-0.05, 0) is 25.3 Å². The number of likely N-dealkylation sites (N-methyl/N-ethyl adjacent to an activating group) is 1. The van der Waals surface area contributed by atoms with Crippen molar-refractivity contribution in [3.05, 3.63) is 0 Å². The van der Waals surface area contributed by atoms with Crippen molar-refractivity contribution in [2.75, 3.05) is 39.8 Å². The lowest BCUT2D eigenvalue weighted by atomic mass is 9.95. The fourth-order valence-electron chi connectivity index (χ4n) is 3.01. The molecule has 1 aliphatic rings. The lowest BCUT2D eigenvalue weighted by molar-refractivity contribution is -0.143. The van der Waals surface area contributed by atoms with Gasteiger partial charge in [-0.3, -0.25) is 14.5 Å². The molecular formula is C16H30N2O4. The Morgan fingerprint density at radius 2 is 2.05 bits per heavy atom. The minimum Gasteiger partial charge on any atom is -0.480 e. The van der Waals surface area contributed by atoms with Crippen molar-refractivity contribution in [2.45, 2.75) is 39.7 Å². The van der Waals surface area contributed by atoms with E-state index in [1.165, 1.54) is 0 Å². The highest BCUT2D eigenvalue weighted by molar-refractivity contribution is 5.76. The van der Waals surface area contributed by atoms with Crippen LogP contribution in [-0.4, -0.2) is 72.7 Å². The van der Waals surface area contributed by atoms with Crippen LogP contribution in [0.15, 0.2) is 0 Å². The number of ether oxygens (including phenoxy) is 1. The first-order valence-electron chi connectivity index (χ1n) is 8.07. The van der Waals surface area contributed by atoms with Crippen LogP contribution < -0.4 is 0 Å².